The summed E-state index contributed by atoms with van der Waals surface area (Å²) in [5.74, 6) is 4.25. The van der Waals surface area contributed by atoms with Crippen LogP contribution in [0.25, 0.3) is 0 Å². The number of nitrogens with zero attached hydrogens (tertiary/aromatic N) is 2. The Morgan fingerprint density at radius 2 is 1.90 bits per heavy atom. The molecule has 2 N–H and O–H groups in total. The maximum absolute atomic E-state index is 4.63. The summed E-state index contributed by atoms with van der Waals surface area (Å²) >= 11 is 0. The van der Waals surface area contributed by atoms with Crippen LogP contribution in [0.2, 0.25) is 0 Å². The fourth-order valence-corrected chi connectivity index (χ4v) is 3.18. The smallest absolute Gasteiger partial charge is 0.132 e. The molecule has 20 heavy (non-hydrogen) atoms. The van der Waals surface area contributed by atoms with E-state index >= 15 is 0 Å². The highest BCUT2D eigenvalue weighted by atomic mass is 15.1. The lowest BCUT2D eigenvalue weighted by molar-refractivity contribution is 0.253. The van der Waals surface area contributed by atoms with Gasteiger partial charge in [0.1, 0.15) is 17.5 Å². The Labute approximate surface area is 122 Å². The maximum atomic E-state index is 4.63. The molecule has 1 fully saturated rings. The van der Waals surface area contributed by atoms with Gasteiger partial charge in [-0.1, -0.05) is 33.6 Å². The van der Waals surface area contributed by atoms with Crippen molar-refractivity contribution in [2.75, 3.05) is 17.7 Å². The van der Waals surface area contributed by atoms with Gasteiger partial charge in [-0.25, -0.2) is 9.97 Å². The summed E-state index contributed by atoms with van der Waals surface area (Å²) < 4.78 is 0. The topological polar surface area (TPSA) is 49.8 Å². The molecule has 0 aromatic carbocycles. The predicted octanol–water partition coefficient (Wildman–Crippen LogP) is 3.71. The number of rotatable bonds is 5. The molecule has 1 aromatic heterocycles. The highest BCUT2D eigenvalue weighted by Gasteiger charge is 2.27. The molecule has 4 heteroatoms. The largest absolute Gasteiger partial charge is 0.373 e. The van der Waals surface area contributed by atoms with Crippen molar-refractivity contribution in [2.24, 2.45) is 11.8 Å². The first-order valence-corrected chi connectivity index (χ1v) is 7.96. The summed E-state index contributed by atoms with van der Waals surface area (Å²) in [5.41, 5.74) is 0. The quantitative estimate of drug-likeness (QED) is 0.861. The minimum atomic E-state index is 0.549. The molecule has 2 unspecified atom stereocenters. The van der Waals surface area contributed by atoms with Crippen LogP contribution in [-0.2, 0) is 6.42 Å². The highest BCUT2D eigenvalue weighted by molar-refractivity contribution is 5.47. The average Bonchev–Trinajstić information content (AvgIpc) is 2.47. The summed E-state index contributed by atoms with van der Waals surface area (Å²) in [6.07, 6.45) is 6.14. The minimum Gasteiger partial charge on any atom is -0.373 e. The van der Waals surface area contributed by atoms with Crippen LogP contribution >= 0.6 is 0 Å². The van der Waals surface area contributed by atoms with Gasteiger partial charge >= 0.3 is 0 Å². The van der Waals surface area contributed by atoms with Gasteiger partial charge in [0, 0.05) is 25.6 Å². The minimum absolute atomic E-state index is 0.549. The van der Waals surface area contributed by atoms with Gasteiger partial charge in [-0.2, -0.15) is 0 Å². The normalized spacial score (nSPS) is 22.9. The number of anilines is 2. The highest BCUT2D eigenvalue weighted by Crippen LogP contribution is 2.32. The van der Waals surface area contributed by atoms with Crippen molar-refractivity contribution in [3.05, 3.63) is 11.9 Å². The third-order valence-corrected chi connectivity index (χ3v) is 4.35. The van der Waals surface area contributed by atoms with Crippen LogP contribution < -0.4 is 10.6 Å². The molecule has 0 radical (unpaired) electrons. The Morgan fingerprint density at radius 1 is 1.20 bits per heavy atom. The summed E-state index contributed by atoms with van der Waals surface area (Å²) in [5, 5.41) is 6.79. The number of hydrogen-bond donors (Lipinski definition) is 2. The van der Waals surface area contributed by atoms with Crippen LogP contribution in [-0.4, -0.2) is 23.1 Å². The second kappa shape index (κ2) is 6.91. The van der Waals surface area contributed by atoms with Crippen LogP contribution in [0.1, 0.15) is 52.3 Å². The van der Waals surface area contributed by atoms with Gasteiger partial charge in [0.05, 0.1) is 0 Å². The second-order valence-electron chi connectivity index (χ2n) is 6.10. The molecule has 0 saturated heterocycles. The molecule has 1 aliphatic carbocycles. The van der Waals surface area contributed by atoms with E-state index in [1.54, 1.807) is 0 Å². The lowest BCUT2D eigenvalue weighted by Gasteiger charge is -2.35. The molecule has 0 aliphatic heterocycles. The first kappa shape index (κ1) is 15.1. The fourth-order valence-electron chi connectivity index (χ4n) is 3.18. The van der Waals surface area contributed by atoms with Gasteiger partial charge in [-0.15, -0.1) is 0 Å². The average molecular weight is 276 g/mol. The molecular formula is C16H28N4. The summed E-state index contributed by atoms with van der Waals surface area (Å²) in [6, 6.07) is 2.57. The first-order valence-electron chi connectivity index (χ1n) is 7.96. The number of nitrogens with one attached hydrogen (secondary N) is 2. The Balaban J connectivity index is 2.15. The van der Waals surface area contributed by atoms with Gasteiger partial charge in [0.25, 0.3) is 0 Å². The van der Waals surface area contributed by atoms with E-state index in [0.29, 0.717) is 6.04 Å². The summed E-state index contributed by atoms with van der Waals surface area (Å²) in [6.45, 7) is 6.76. The molecule has 2 rings (SSSR count). The Hall–Kier alpha value is -1.32. The number of aromatic nitrogens is 2. The van der Waals surface area contributed by atoms with Crippen molar-refractivity contribution < 1.29 is 0 Å². The zero-order chi connectivity index (χ0) is 14.5. The monoisotopic (exact) mass is 276 g/mol. The molecule has 112 valence electrons. The van der Waals surface area contributed by atoms with Gasteiger partial charge in [-0.3, -0.25) is 0 Å². The Kier molecular flexibility index (Phi) is 5.21. The van der Waals surface area contributed by atoms with Crippen LogP contribution in [0.15, 0.2) is 6.07 Å². The van der Waals surface area contributed by atoms with Crippen molar-refractivity contribution in [3.63, 3.8) is 0 Å². The Bertz CT molecular complexity index is 408. The van der Waals surface area contributed by atoms with E-state index in [1.807, 2.05) is 13.1 Å². The molecule has 4 nitrogen and oxygen atoms in total. The van der Waals surface area contributed by atoms with Crippen LogP contribution in [0.4, 0.5) is 11.6 Å². The third kappa shape index (κ3) is 3.62. The van der Waals surface area contributed by atoms with Crippen molar-refractivity contribution >= 4 is 11.6 Å². The van der Waals surface area contributed by atoms with E-state index in [-0.39, 0.29) is 0 Å². The molecule has 0 spiro atoms. The van der Waals surface area contributed by atoms with E-state index in [1.165, 1.54) is 25.7 Å². The molecule has 1 saturated carbocycles. The summed E-state index contributed by atoms with van der Waals surface area (Å²) in [7, 11) is 1.91. The lowest BCUT2D eigenvalue weighted by Crippen LogP contribution is -2.35. The first-order chi connectivity index (χ1) is 9.63. The van der Waals surface area contributed by atoms with E-state index in [9.17, 15) is 0 Å². The van der Waals surface area contributed by atoms with Gasteiger partial charge in [0.2, 0.25) is 0 Å². The molecule has 2 atom stereocenters. The maximum Gasteiger partial charge on any atom is 0.132 e. The van der Waals surface area contributed by atoms with Crippen LogP contribution in [0, 0.1) is 11.8 Å². The molecular weight excluding hydrogens is 248 g/mol. The third-order valence-electron chi connectivity index (χ3n) is 4.35. The van der Waals surface area contributed by atoms with Crippen molar-refractivity contribution in [1.29, 1.82) is 0 Å². The fraction of sp³-hybridized carbons (Fsp3) is 0.750. The van der Waals surface area contributed by atoms with Crippen LogP contribution in [0.3, 0.4) is 0 Å². The van der Waals surface area contributed by atoms with Crippen molar-refractivity contribution in [2.45, 2.75) is 58.9 Å². The van der Waals surface area contributed by atoms with E-state index < -0.39 is 0 Å². The number of aryl methyl sites for hydroxylation is 1. The van der Waals surface area contributed by atoms with Crippen molar-refractivity contribution in [1.82, 2.24) is 9.97 Å². The van der Waals surface area contributed by atoms with Crippen LogP contribution in [0.5, 0.6) is 0 Å². The van der Waals surface area contributed by atoms with Gasteiger partial charge in [0.15, 0.2) is 0 Å². The molecule has 0 bridgehead atoms. The number of hydrogen-bond acceptors (Lipinski definition) is 4. The van der Waals surface area contributed by atoms with E-state index in [4.69, 9.17) is 0 Å². The van der Waals surface area contributed by atoms with E-state index in [0.717, 1.165) is 35.7 Å². The SMILES string of the molecule is CCc1nc(NC)cc(NC2CCCCC2C(C)C)n1. The lowest BCUT2D eigenvalue weighted by atomic mass is 9.78. The zero-order valence-electron chi connectivity index (χ0n) is 13.2. The molecule has 1 heterocycles. The standard InChI is InChI=1S/C16H28N4/c1-5-14-19-15(17-4)10-16(20-14)18-13-9-7-6-8-12(13)11(2)3/h10-13H,5-9H2,1-4H3,(H2,17,18,19,20). The predicted molar refractivity (Wildman–Crippen MR) is 85.2 cm³/mol. The molecule has 0 amide bonds. The second-order valence-corrected chi connectivity index (χ2v) is 6.10. The zero-order valence-corrected chi connectivity index (χ0v) is 13.2. The van der Waals surface area contributed by atoms with Gasteiger partial charge in [-0.05, 0) is 24.7 Å². The van der Waals surface area contributed by atoms with Crippen molar-refractivity contribution in [3.8, 4) is 0 Å². The van der Waals surface area contributed by atoms with E-state index in [2.05, 4.69) is 41.4 Å². The Morgan fingerprint density at radius 3 is 2.55 bits per heavy atom. The molecule has 1 aliphatic rings. The van der Waals surface area contributed by atoms with Gasteiger partial charge < -0.3 is 10.6 Å². The molecule has 1 aromatic rings. The summed E-state index contributed by atoms with van der Waals surface area (Å²) in [4.78, 5) is 9.08.